The van der Waals surface area contributed by atoms with Gasteiger partial charge in [0.25, 0.3) is 5.91 Å². The highest BCUT2D eigenvalue weighted by atomic mass is 32.2. The first kappa shape index (κ1) is 15.7. The Bertz CT molecular complexity index is 728. The van der Waals surface area contributed by atoms with E-state index in [4.69, 9.17) is 9.15 Å². The Hall–Kier alpha value is -1.86. The summed E-state index contributed by atoms with van der Waals surface area (Å²) in [4.78, 5) is 22.5. The predicted molar refractivity (Wildman–Crippen MR) is 89.8 cm³/mol. The summed E-state index contributed by atoms with van der Waals surface area (Å²) in [5, 5.41) is 0. The second-order valence-electron chi connectivity index (χ2n) is 6.38. The summed E-state index contributed by atoms with van der Waals surface area (Å²) in [6.07, 6.45) is 4.30. The van der Waals surface area contributed by atoms with E-state index in [9.17, 15) is 4.79 Å². The van der Waals surface area contributed by atoms with Gasteiger partial charge in [-0.15, -0.1) is 11.8 Å². The number of amides is 1. The summed E-state index contributed by atoms with van der Waals surface area (Å²) in [7, 11) is 0. The van der Waals surface area contributed by atoms with Crippen molar-refractivity contribution in [3.05, 3.63) is 47.9 Å². The van der Waals surface area contributed by atoms with Crippen LogP contribution in [0.15, 0.2) is 35.2 Å². The molecule has 1 spiro atoms. The van der Waals surface area contributed by atoms with Crippen LogP contribution >= 0.6 is 11.8 Å². The van der Waals surface area contributed by atoms with Gasteiger partial charge in [-0.05, 0) is 25.5 Å². The van der Waals surface area contributed by atoms with E-state index >= 15 is 0 Å². The lowest BCUT2D eigenvalue weighted by Gasteiger charge is -2.47. The zero-order valence-electron chi connectivity index (χ0n) is 13.5. The van der Waals surface area contributed by atoms with Crippen molar-refractivity contribution in [1.29, 1.82) is 0 Å². The summed E-state index contributed by atoms with van der Waals surface area (Å²) in [6.45, 7) is 3.83. The topological polar surface area (TPSA) is 68.5 Å². The van der Waals surface area contributed by atoms with Crippen molar-refractivity contribution in [3.63, 3.8) is 0 Å². The van der Waals surface area contributed by atoms with Gasteiger partial charge in [-0.3, -0.25) is 9.78 Å². The van der Waals surface area contributed by atoms with Crippen LogP contribution in [0.1, 0.15) is 28.4 Å². The van der Waals surface area contributed by atoms with Crippen molar-refractivity contribution in [2.24, 2.45) is 0 Å². The molecule has 4 rings (SSSR count). The van der Waals surface area contributed by atoms with Crippen LogP contribution in [0, 0.1) is 6.92 Å². The first-order chi connectivity index (χ1) is 11.7. The van der Waals surface area contributed by atoms with E-state index in [0.29, 0.717) is 18.1 Å². The van der Waals surface area contributed by atoms with Crippen molar-refractivity contribution in [2.45, 2.75) is 30.8 Å². The minimum absolute atomic E-state index is 0.0610. The molecule has 0 saturated carbocycles. The normalized spacial score (nSPS) is 21.9. The molecule has 4 heterocycles. The zero-order valence-corrected chi connectivity index (χ0v) is 14.3. The van der Waals surface area contributed by atoms with Crippen molar-refractivity contribution in [2.75, 3.05) is 18.8 Å². The molecule has 0 unspecified atom stereocenters. The van der Waals surface area contributed by atoms with Gasteiger partial charge in [0.15, 0.2) is 6.39 Å². The highest BCUT2D eigenvalue weighted by Crippen LogP contribution is 2.46. The summed E-state index contributed by atoms with van der Waals surface area (Å²) < 4.78 is 11.3. The minimum atomic E-state index is -0.0610. The quantitative estimate of drug-likeness (QED) is 0.847. The fourth-order valence-corrected chi connectivity index (χ4v) is 4.81. The number of aromatic nitrogens is 2. The lowest BCUT2D eigenvalue weighted by Crippen LogP contribution is -2.60. The molecular formula is C17H19N3O3S. The number of hydrogen-bond donors (Lipinski definition) is 0. The van der Waals surface area contributed by atoms with E-state index in [1.165, 1.54) is 6.39 Å². The fourth-order valence-electron chi connectivity index (χ4n) is 3.26. The highest BCUT2D eigenvalue weighted by molar-refractivity contribution is 8.01. The van der Waals surface area contributed by atoms with Gasteiger partial charge in [0, 0.05) is 25.0 Å². The van der Waals surface area contributed by atoms with Gasteiger partial charge in [0.1, 0.15) is 0 Å². The summed E-state index contributed by atoms with van der Waals surface area (Å²) in [5.41, 5.74) is 1.60. The summed E-state index contributed by atoms with van der Waals surface area (Å²) in [6, 6.07) is 5.85. The third-order valence-corrected chi connectivity index (χ3v) is 6.13. The molecule has 2 aliphatic rings. The van der Waals surface area contributed by atoms with Crippen LogP contribution in [-0.2, 0) is 11.3 Å². The van der Waals surface area contributed by atoms with Gasteiger partial charge in [-0.1, -0.05) is 6.07 Å². The molecule has 0 N–H and O–H groups in total. The summed E-state index contributed by atoms with van der Waals surface area (Å²) >= 11 is 1.91. The Morgan fingerprint density at radius 1 is 1.46 bits per heavy atom. The van der Waals surface area contributed by atoms with Crippen molar-refractivity contribution < 1.29 is 13.9 Å². The lowest BCUT2D eigenvalue weighted by atomic mass is 9.92. The maximum atomic E-state index is 12.4. The number of rotatable bonds is 4. The van der Waals surface area contributed by atoms with Crippen LogP contribution in [0.4, 0.5) is 0 Å². The van der Waals surface area contributed by atoms with E-state index in [-0.39, 0.29) is 16.8 Å². The molecule has 0 aliphatic carbocycles. The van der Waals surface area contributed by atoms with Crippen molar-refractivity contribution >= 4 is 17.7 Å². The average Bonchev–Trinajstić information content (AvgIpc) is 3.18. The van der Waals surface area contributed by atoms with E-state index < -0.39 is 0 Å². The summed E-state index contributed by atoms with van der Waals surface area (Å²) in [5.74, 6) is 1.26. The van der Waals surface area contributed by atoms with Crippen LogP contribution in [0.25, 0.3) is 0 Å². The third-order valence-electron chi connectivity index (χ3n) is 4.55. The van der Waals surface area contributed by atoms with Crippen LogP contribution in [0.2, 0.25) is 0 Å². The molecule has 2 fully saturated rings. The monoisotopic (exact) mass is 345 g/mol. The van der Waals surface area contributed by atoms with Gasteiger partial charge in [-0.25, -0.2) is 4.98 Å². The number of oxazole rings is 1. The SMILES string of the molecule is Cc1ncoc1C(=O)N1CC2(C[C@H](OCc3ccccn3)CS2)C1. The van der Waals surface area contributed by atoms with Gasteiger partial charge in [0.05, 0.1) is 28.8 Å². The van der Waals surface area contributed by atoms with Crippen LogP contribution < -0.4 is 0 Å². The molecule has 2 saturated heterocycles. The van der Waals surface area contributed by atoms with E-state index in [1.807, 2.05) is 34.9 Å². The zero-order chi connectivity index (χ0) is 16.6. The smallest absolute Gasteiger partial charge is 0.291 e. The number of carbonyl (C=O) groups excluding carboxylic acids is 1. The second kappa shape index (κ2) is 6.22. The van der Waals surface area contributed by atoms with Gasteiger partial charge in [0.2, 0.25) is 5.76 Å². The maximum absolute atomic E-state index is 12.4. The number of thioether (sulfide) groups is 1. The number of nitrogens with zero attached hydrogens (tertiary/aromatic N) is 3. The molecule has 2 aromatic heterocycles. The molecule has 0 radical (unpaired) electrons. The predicted octanol–water partition coefficient (Wildman–Crippen LogP) is 2.29. The molecule has 0 aromatic carbocycles. The average molecular weight is 345 g/mol. The van der Waals surface area contributed by atoms with E-state index in [2.05, 4.69) is 9.97 Å². The molecule has 0 bridgehead atoms. The molecule has 1 amide bonds. The van der Waals surface area contributed by atoms with Crippen molar-refractivity contribution in [3.8, 4) is 0 Å². The Morgan fingerprint density at radius 2 is 2.33 bits per heavy atom. The number of pyridine rings is 1. The molecule has 7 heteroatoms. The molecule has 6 nitrogen and oxygen atoms in total. The third kappa shape index (κ3) is 2.93. The molecule has 2 aliphatic heterocycles. The van der Waals surface area contributed by atoms with Crippen LogP contribution in [0.3, 0.4) is 0 Å². The van der Waals surface area contributed by atoms with Crippen LogP contribution in [0.5, 0.6) is 0 Å². The highest BCUT2D eigenvalue weighted by Gasteiger charge is 2.51. The molecule has 24 heavy (non-hydrogen) atoms. The van der Waals surface area contributed by atoms with Crippen molar-refractivity contribution in [1.82, 2.24) is 14.9 Å². The van der Waals surface area contributed by atoms with Gasteiger partial charge in [-0.2, -0.15) is 0 Å². The van der Waals surface area contributed by atoms with Gasteiger partial charge < -0.3 is 14.1 Å². The Kier molecular flexibility index (Phi) is 4.05. The lowest BCUT2D eigenvalue weighted by molar-refractivity contribution is 0.0233. The molecule has 2 aromatic rings. The number of ether oxygens (including phenoxy) is 1. The minimum Gasteiger partial charge on any atom is -0.438 e. The Morgan fingerprint density at radius 3 is 3.04 bits per heavy atom. The number of hydrogen-bond acceptors (Lipinski definition) is 6. The Balaban J connectivity index is 1.29. The molecular weight excluding hydrogens is 326 g/mol. The fraction of sp³-hybridized carbons (Fsp3) is 0.471. The van der Waals surface area contributed by atoms with E-state index in [0.717, 1.165) is 31.0 Å². The number of carbonyl (C=O) groups is 1. The molecule has 126 valence electrons. The number of aryl methyl sites for hydroxylation is 1. The Labute approximate surface area is 144 Å². The van der Waals surface area contributed by atoms with Crippen LogP contribution in [-0.4, -0.2) is 50.5 Å². The largest absolute Gasteiger partial charge is 0.438 e. The maximum Gasteiger partial charge on any atom is 0.291 e. The first-order valence-electron chi connectivity index (χ1n) is 8.00. The van der Waals surface area contributed by atoms with Gasteiger partial charge >= 0.3 is 0 Å². The molecule has 1 atom stereocenters. The second-order valence-corrected chi connectivity index (χ2v) is 7.87. The standard InChI is InChI=1S/C17H19N3O3S/c1-12-15(23-11-19-12)16(21)20-9-17(10-20)6-14(8-24-17)22-7-13-4-2-3-5-18-13/h2-5,11,14H,6-10H2,1H3/t14-/m0/s1. The number of likely N-dealkylation sites (tertiary alicyclic amines) is 1. The van der Waals surface area contributed by atoms with E-state index in [1.54, 1.807) is 13.1 Å². The first-order valence-corrected chi connectivity index (χ1v) is 8.99.